The zero-order chi connectivity index (χ0) is 8.39. The Labute approximate surface area is 70.3 Å². The molecular weight excluding hydrogens is 150 g/mol. The second-order valence-electron chi connectivity index (χ2n) is 2.56. The van der Waals surface area contributed by atoms with Crippen LogP contribution in [-0.2, 0) is 0 Å². The van der Waals surface area contributed by atoms with E-state index in [9.17, 15) is 0 Å². The van der Waals surface area contributed by atoms with E-state index in [4.69, 9.17) is 0 Å². The lowest BCUT2D eigenvalue weighted by Gasteiger charge is -1.83. The Morgan fingerprint density at radius 3 is 2.17 bits per heavy atom. The van der Waals surface area contributed by atoms with Crippen molar-refractivity contribution in [3.8, 4) is 0 Å². The number of nitrogens with zero attached hydrogens (tertiary/aromatic N) is 3. The van der Waals surface area contributed by atoms with E-state index in [2.05, 4.69) is 22.5 Å². The van der Waals surface area contributed by atoms with E-state index in [1.165, 1.54) is 10.8 Å². The normalized spacial score (nSPS) is 11.4. The quantitative estimate of drug-likeness (QED) is 0.572. The molecule has 0 atom stereocenters. The van der Waals surface area contributed by atoms with Crippen LogP contribution in [0.5, 0.6) is 0 Å². The molecule has 2 rings (SSSR count). The first-order valence-electron chi connectivity index (χ1n) is 3.77. The average Bonchev–Trinajstić information content (AvgIpc) is 2.47. The second kappa shape index (κ2) is 2.77. The molecule has 3 heteroatoms. The molecule has 0 aliphatic rings. The van der Waals surface area contributed by atoms with E-state index in [0.717, 1.165) is 0 Å². The van der Waals surface area contributed by atoms with Gasteiger partial charge in [-0.1, -0.05) is 29.5 Å². The average molecular weight is 159 g/mol. The predicted molar refractivity (Wildman–Crippen MR) is 48.1 cm³/mol. The van der Waals surface area contributed by atoms with Gasteiger partial charge in [0.15, 0.2) is 0 Å². The Morgan fingerprint density at radius 1 is 1.08 bits per heavy atom. The first-order chi connectivity index (χ1) is 5.90. The van der Waals surface area contributed by atoms with E-state index in [1.807, 2.05) is 24.5 Å². The number of hydrogen-bond acceptors (Lipinski definition) is 2. The molecule has 0 bridgehead atoms. The highest BCUT2D eigenvalue weighted by atomic mass is 15.4. The van der Waals surface area contributed by atoms with Crippen molar-refractivity contribution in [3.63, 3.8) is 0 Å². The summed E-state index contributed by atoms with van der Waals surface area (Å²) in [5.41, 5.74) is 0. The standard InChI is InChI=1S/C9H9N3/c1-10-11-12-6-8-4-2-3-5-9(8)7-12/h2-7H,1H3. The van der Waals surface area contributed by atoms with Crippen molar-refractivity contribution in [2.24, 2.45) is 10.3 Å². The van der Waals surface area contributed by atoms with Gasteiger partial charge in [-0.3, -0.25) is 0 Å². The lowest BCUT2D eigenvalue weighted by molar-refractivity contribution is 0.799. The molecule has 0 spiro atoms. The molecule has 1 aromatic heterocycles. The molecule has 0 fully saturated rings. The summed E-state index contributed by atoms with van der Waals surface area (Å²) < 4.78 is 1.71. The third-order valence-corrected chi connectivity index (χ3v) is 1.73. The van der Waals surface area contributed by atoms with Crippen LogP contribution >= 0.6 is 0 Å². The van der Waals surface area contributed by atoms with Gasteiger partial charge in [0, 0.05) is 23.2 Å². The number of benzene rings is 1. The highest BCUT2D eigenvalue weighted by Gasteiger charge is 1.94. The number of aromatic nitrogens is 1. The zero-order valence-electron chi connectivity index (χ0n) is 6.81. The van der Waals surface area contributed by atoms with Crippen molar-refractivity contribution < 1.29 is 0 Å². The molecule has 0 saturated heterocycles. The summed E-state index contributed by atoms with van der Waals surface area (Å²) in [6, 6.07) is 8.12. The molecule has 12 heavy (non-hydrogen) atoms. The van der Waals surface area contributed by atoms with Crippen molar-refractivity contribution in [1.29, 1.82) is 0 Å². The topological polar surface area (TPSA) is 29.6 Å². The van der Waals surface area contributed by atoms with Gasteiger partial charge in [-0.2, -0.15) is 5.11 Å². The van der Waals surface area contributed by atoms with Crippen LogP contribution in [0.15, 0.2) is 47.0 Å². The summed E-state index contributed by atoms with van der Waals surface area (Å²) in [4.78, 5) is 0. The largest absolute Gasteiger partial charge is 0.229 e. The van der Waals surface area contributed by atoms with Gasteiger partial charge in [0.2, 0.25) is 0 Å². The fourth-order valence-electron chi connectivity index (χ4n) is 1.22. The lowest BCUT2D eigenvalue weighted by atomic mass is 10.2. The summed E-state index contributed by atoms with van der Waals surface area (Å²) in [5.74, 6) is 0. The molecule has 0 aliphatic carbocycles. The van der Waals surface area contributed by atoms with Crippen LogP contribution in [0, 0.1) is 0 Å². The monoisotopic (exact) mass is 159 g/mol. The molecule has 60 valence electrons. The molecule has 0 amide bonds. The molecule has 2 aromatic rings. The molecule has 0 aliphatic heterocycles. The third-order valence-electron chi connectivity index (χ3n) is 1.73. The van der Waals surface area contributed by atoms with Gasteiger partial charge in [0.25, 0.3) is 0 Å². The van der Waals surface area contributed by atoms with Crippen molar-refractivity contribution in [1.82, 2.24) is 4.68 Å². The van der Waals surface area contributed by atoms with Crippen LogP contribution in [0.2, 0.25) is 0 Å². The van der Waals surface area contributed by atoms with Crippen LogP contribution in [0.1, 0.15) is 0 Å². The molecule has 1 heterocycles. The Balaban J connectivity index is 2.62. The smallest absolute Gasteiger partial charge is 0.0509 e. The van der Waals surface area contributed by atoms with Gasteiger partial charge in [-0.15, -0.1) is 0 Å². The van der Waals surface area contributed by atoms with Crippen LogP contribution in [0.25, 0.3) is 10.8 Å². The van der Waals surface area contributed by atoms with Crippen molar-refractivity contribution >= 4 is 10.8 Å². The lowest BCUT2D eigenvalue weighted by Crippen LogP contribution is -1.77. The first-order valence-corrected chi connectivity index (χ1v) is 3.77. The van der Waals surface area contributed by atoms with Gasteiger partial charge in [0.05, 0.1) is 7.05 Å². The number of fused-ring (bicyclic) bond motifs is 1. The van der Waals surface area contributed by atoms with Crippen LogP contribution < -0.4 is 0 Å². The van der Waals surface area contributed by atoms with Crippen molar-refractivity contribution in [2.45, 2.75) is 0 Å². The number of rotatable bonds is 1. The predicted octanol–water partition coefficient (Wildman–Crippen LogP) is 2.49. The fraction of sp³-hybridized carbons (Fsp3) is 0.111. The van der Waals surface area contributed by atoms with Crippen molar-refractivity contribution in [2.75, 3.05) is 7.05 Å². The molecule has 0 radical (unpaired) electrons. The van der Waals surface area contributed by atoms with E-state index in [0.29, 0.717) is 0 Å². The van der Waals surface area contributed by atoms with Crippen molar-refractivity contribution in [3.05, 3.63) is 36.7 Å². The molecule has 3 nitrogen and oxygen atoms in total. The van der Waals surface area contributed by atoms with Crippen LogP contribution in [0.3, 0.4) is 0 Å². The molecule has 0 N–H and O–H groups in total. The van der Waals surface area contributed by atoms with E-state index < -0.39 is 0 Å². The van der Waals surface area contributed by atoms with Gasteiger partial charge in [0.1, 0.15) is 0 Å². The molecule has 0 unspecified atom stereocenters. The van der Waals surface area contributed by atoms with Gasteiger partial charge in [-0.05, 0) is 0 Å². The van der Waals surface area contributed by atoms with Gasteiger partial charge in [-0.25, -0.2) is 4.68 Å². The highest BCUT2D eigenvalue weighted by Crippen LogP contribution is 2.13. The Kier molecular flexibility index (Phi) is 1.63. The van der Waals surface area contributed by atoms with E-state index in [-0.39, 0.29) is 0 Å². The van der Waals surface area contributed by atoms with E-state index in [1.54, 1.807) is 11.7 Å². The number of hydrogen-bond donors (Lipinski definition) is 0. The summed E-state index contributed by atoms with van der Waals surface area (Å²) in [5, 5.41) is 9.94. The molecular formula is C9H9N3. The summed E-state index contributed by atoms with van der Waals surface area (Å²) >= 11 is 0. The van der Waals surface area contributed by atoms with Gasteiger partial charge >= 0.3 is 0 Å². The minimum Gasteiger partial charge on any atom is -0.229 e. The minimum atomic E-state index is 1.19. The zero-order valence-corrected chi connectivity index (χ0v) is 6.81. The Hall–Kier alpha value is -1.64. The Bertz CT molecular complexity index is 381. The second-order valence-corrected chi connectivity index (χ2v) is 2.56. The first kappa shape index (κ1) is 7.03. The molecule has 0 saturated carbocycles. The Morgan fingerprint density at radius 2 is 1.67 bits per heavy atom. The SMILES string of the molecule is CN=Nn1cc2ccccc2c1. The molecule has 1 aromatic carbocycles. The third kappa shape index (κ3) is 1.09. The maximum atomic E-state index is 3.89. The minimum absolute atomic E-state index is 1.19. The summed E-state index contributed by atoms with van der Waals surface area (Å²) in [6.07, 6.45) is 3.89. The fourth-order valence-corrected chi connectivity index (χ4v) is 1.22. The highest BCUT2D eigenvalue weighted by molar-refractivity contribution is 5.81. The van der Waals surface area contributed by atoms with Gasteiger partial charge < -0.3 is 0 Å². The summed E-state index contributed by atoms with van der Waals surface area (Å²) in [7, 11) is 1.66. The van der Waals surface area contributed by atoms with E-state index >= 15 is 0 Å². The maximum absolute atomic E-state index is 3.89. The van der Waals surface area contributed by atoms with Crippen LogP contribution in [0.4, 0.5) is 0 Å². The maximum Gasteiger partial charge on any atom is 0.0509 e. The summed E-state index contributed by atoms with van der Waals surface area (Å²) in [6.45, 7) is 0. The van der Waals surface area contributed by atoms with Crippen LogP contribution in [-0.4, -0.2) is 11.7 Å².